The molecule has 220 valence electrons. The average molecular weight is 545 g/mol. The largest absolute Gasteiger partial charge is 0.363 e. The van der Waals surface area contributed by atoms with Gasteiger partial charge in [-0.15, -0.1) is 0 Å². The Balaban J connectivity index is 2.01. The molecule has 0 amide bonds. The van der Waals surface area contributed by atoms with Gasteiger partial charge in [-0.3, -0.25) is 9.98 Å². The first-order valence-electron chi connectivity index (χ1n) is 15.2. The maximum atomic E-state index is 6.79. The highest BCUT2D eigenvalue weighted by atomic mass is 16.5. The maximum Gasteiger partial charge on any atom is 0.0962 e. The second-order valence-corrected chi connectivity index (χ2v) is 16.0. The summed E-state index contributed by atoms with van der Waals surface area (Å²) in [6.45, 7) is 31.6. The molecule has 1 fully saturated rings. The zero-order valence-electron chi connectivity index (χ0n) is 28.0. The molecule has 2 aromatic carbocycles. The minimum absolute atomic E-state index is 0.00475. The number of para-hydroxylation sites is 2. The number of ether oxygens (including phenoxy) is 1. The van der Waals surface area contributed by atoms with Gasteiger partial charge in [0.2, 0.25) is 0 Å². The Labute approximate surface area is 246 Å². The molecule has 0 saturated carbocycles. The van der Waals surface area contributed by atoms with E-state index in [-0.39, 0.29) is 33.9 Å². The zero-order valence-corrected chi connectivity index (χ0v) is 28.0. The van der Waals surface area contributed by atoms with E-state index in [0.29, 0.717) is 0 Å². The van der Waals surface area contributed by atoms with Crippen molar-refractivity contribution in [2.45, 2.75) is 150 Å². The van der Waals surface area contributed by atoms with Crippen molar-refractivity contribution < 1.29 is 4.74 Å². The summed E-state index contributed by atoms with van der Waals surface area (Å²) in [5.74, 6) is 0. The predicted octanol–water partition coefficient (Wildman–Crippen LogP) is 10.7. The van der Waals surface area contributed by atoms with Crippen molar-refractivity contribution in [1.82, 2.24) is 0 Å². The van der Waals surface area contributed by atoms with Crippen LogP contribution >= 0.6 is 0 Å². The molecule has 2 atom stereocenters. The highest BCUT2D eigenvalue weighted by Gasteiger charge is 2.30. The van der Waals surface area contributed by atoms with E-state index in [0.717, 1.165) is 42.1 Å². The summed E-state index contributed by atoms with van der Waals surface area (Å²) in [4.78, 5) is 10.7. The van der Waals surface area contributed by atoms with Crippen molar-refractivity contribution in [3.63, 3.8) is 0 Å². The molecule has 1 aliphatic rings. The zero-order chi connectivity index (χ0) is 30.3. The Kier molecular flexibility index (Phi) is 9.32. The van der Waals surface area contributed by atoms with Crippen molar-refractivity contribution in [2.75, 3.05) is 0 Å². The molecule has 2 unspecified atom stereocenters. The highest BCUT2D eigenvalue weighted by Crippen LogP contribution is 2.42. The van der Waals surface area contributed by atoms with E-state index >= 15 is 0 Å². The molecule has 3 heteroatoms. The lowest BCUT2D eigenvalue weighted by atomic mass is 9.79. The van der Waals surface area contributed by atoms with E-state index < -0.39 is 0 Å². The van der Waals surface area contributed by atoms with E-state index in [1.165, 1.54) is 22.3 Å². The van der Waals surface area contributed by atoms with Crippen molar-refractivity contribution in [2.24, 2.45) is 9.98 Å². The second kappa shape index (κ2) is 11.6. The van der Waals surface area contributed by atoms with E-state index in [1.807, 2.05) is 0 Å². The molecule has 3 nitrogen and oxygen atoms in total. The third-order valence-electron chi connectivity index (χ3n) is 8.07. The lowest BCUT2D eigenvalue weighted by molar-refractivity contribution is 0.0230. The highest BCUT2D eigenvalue weighted by molar-refractivity contribution is 5.92. The van der Waals surface area contributed by atoms with E-state index in [2.05, 4.69) is 133 Å². The van der Waals surface area contributed by atoms with Gasteiger partial charge in [-0.1, -0.05) is 119 Å². The summed E-state index contributed by atoms with van der Waals surface area (Å²) in [5, 5.41) is 0. The van der Waals surface area contributed by atoms with Gasteiger partial charge in [0.15, 0.2) is 0 Å². The number of rotatable bonds is 4. The van der Waals surface area contributed by atoms with Gasteiger partial charge < -0.3 is 4.74 Å². The van der Waals surface area contributed by atoms with Gasteiger partial charge >= 0.3 is 0 Å². The number of hydrogen-bond acceptors (Lipinski definition) is 3. The Bertz CT molecular complexity index is 1090. The first-order valence-corrected chi connectivity index (χ1v) is 15.2. The van der Waals surface area contributed by atoms with Crippen molar-refractivity contribution in [1.29, 1.82) is 0 Å². The monoisotopic (exact) mass is 544 g/mol. The molecule has 0 N–H and O–H groups in total. The van der Waals surface area contributed by atoms with Crippen LogP contribution in [0.5, 0.6) is 0 Å². The number of hydrogen-bond donors (Lipinski definition) is 0. The summed E-state index contributed by atoms with van der Waals surface area (Å²) < 4.78 is 6.79. The number of benzene rings is 2. The molecule has 0 spiro atoms. The maximum absolute atomic E-state index is 6.79. The third-order valence-corrected chi connectivity index (χ3v) is 8.07. The van der Waals surface area contributed by atoms with Crippen LogP contribution in [0.1, 0.15) is 138 Å². The van der Waals surface area contributed by atoms with Gasteiger partial charge in [-0.2, -0.15) is 0 Å². The molecule has 1 heterocycles. The van der Waals surface area contributed by atoms with Crippen LogP contribution in [0.15, 0.2) is 46.4 Å². The summed E-state index contributed by atoms with van der Waals surface area (Å²) in [5.41, 5.74) is 9.53. The molecular formula is C37H56N2O. The van der Waals surface area contributed by atoms with Gasteiger partial charge in [0, 0.05) is 11.4 Å². The van der Waals surface area contributed by atoms with Gasteiger partial charge in [-0.25, -0.2) is 0 Å². The average Bonchev–Trinajstić information content (AvgIpc) is 2.81. The molecular weight excluding hydrogens is 488 g/mol. The molecule has 0 radical (unpaired) electrons. The van der Waals surface area contributed by atoms with Crippen molar-refractivity contribution >= 4 is 22.8 Å². The lowest BCUT2D eigenvalue weighted by Crippen LogP contribution is -2.36. The van der Waals surface area contributed by atoms with Gasteiger partial charge in [0.05, 0.1) is 23.6 Å². The van der Waals surface area contributed by atoms with Crippen LogP contribution in [-0.4, -0.2) is 23.6 Å². The topological polar surface area (TPSA) is 34.0 Å². The smallest absolute Gasteiger partial charge is 0.0962 e. The Morgan fingerprint density at radius 3 is 1.07 bits per heavy atom. The van der Waals surface area contributed by atoms with E-state index in [9.17, 15) is 0 Å². The summed E-state index contributed by atoms with van der Waals surface area (Å²) in [6, 6.07) is 13.3. The van der Waals surface area contributed by atoms with Crippen LogP contribution in [0.4, 0.5) is 11.4 Å². The quantitative estimate of drug-likeness (QED) is 0.352. The Morgan fingerprint density at radius 2 is 0.825 bits per heavy atom. The molecule has 1 saturated heterocycles. The molecule has 0 aliphatic carbocycles. The van der Waals surface area contributed by atoms with Crippen molar-refractivity contribution in [3.8, 4) is 0 Å². The van der Waals surface area contributed by atoms with Crippen LogP contribution in [0, 0.1) is 0 Å². The standard InChI is InChI=1S/C37H56N2O/c1-24(38-32-26(34(3,4)5)18-15-19-27(32)35(6,7)8)30-22-17-23-31(40-30)25(2)39-33-28(36(9,10)11)20-16-21-29(33)37(12,13)14/h15-16,18-21,30-31H,17,22-23H2,1-14H3/b38-24+,39-25+. The van der Waals surface area contributed by atoms with Crippen molar-refractivity contribution in [3.05, 3.63) is 58.7 Å². The molecule has 1 aliphatic heterocycles. The summed E-state index contributed by atoms with van der Waals surface area (Å²) in [6.07, 6.45) is 3.07. The molecule has 3 rings (SSSR count). The van der Waals surface area contributed by atoms with Gasteiger partial charge in [0.1, 0.15) is 0 Å². The van der Waals surface area contributed by atoms with Crippen LogP contribution < -0.4 is 0 Å². The van der Waals surface area contributed by atoms with E-state index in [1.54, 1.807) is 0 Å². The summed E-state index contributed by atoms with van der Waals surface area (Å²) >= 11 is 0. The third kappa shape index (κ3) is 7.52. The first-order chi connectivity index (χ1) is 18.2. The van der Waals surface area contributed by atoms with E-state index in [4.69, 9.17) is 14.7 Å². The molecule has 40 heavy (non-hydrogen) atoms. The van der Waals surface area contributed by atoms with Crippen LogP contribution in [0.25, 0.3) is 0 Å². The Hall–Kier alpha value is -2.26. The van der Waals surface area contributed by atoms with Gasteiger partial charge in [0.25, 0.3) is 0 Å². The molecule has 2 aromatic rings. The normalized spacial score (nSPS) is 20.1. The van der Waals surface area contributed by atoms with Crippen LogP contribution in [0.3, 0.4) is 0 Å². The SMILES string of the molecule is C/C(=N\c1c(C(C)(C)C)cccc1C(C)(C)C)C1CCCC(/C(C)=N/c2c(C(C)(C)C)cccc2C(C)(C)C)O1. The second-order valence-electron chi connectivity index (χ2n) is 16.0. The Morgan fingerprint density at radius 1 is 0.550 bits per heavy atom. The predicted molar refractivity (Wildman–Crippen MR) is 176 cm³/mol. The van der Waals surface area contributed by atoms with Crippen LogP contribution in [-0.2, 0) is 26.4 Å². The molecule has 0 aromatic heterocycles. The first kappa shape index (κ1) is 32.3. The lowest BCUT2D eigenvalue weighted by Gasteiger charge is -2.32. The van der Waals surface area contributed by atoms with Gasteiger partial charge in [-0.05, 0) is 77.0 Å². The fraction of sp³-hybridized carbons (Fsp3) is 0.622. The fourth-order valence-corrected chi connectivity index (χ4v) is 5.68. The number of aliphatic imine (C=N–C) groups is 2. The fourth-order valence-electron chi connectivity index (χ4n) is 5.68. The summed E-state index contributed by atoms with van der Waals surface area (Å²) in [7, 11) is 0. The minimum Gasteiger partial charge on any atom is -0.363 e. The van der Waals surface area contributed by atoms with Crippen LogP contribution in [0.2, 0.25) is 0 Å². The number of nitrogens with zero attached hydrogens (tertiary/aromatic N) is 2. The molecule has 0 bridgehead atoms. The minimum atomic E-state index is -0.00955.